The molecule has 1 aromatic heterocycles. The summed E-state index contributed by atoms with van der Waals surface area (Å²) in [5.74, 6) is 1.62. The zero-order chi connectivity index (χ0) is 12.4. The fourth-order valence-corrected chi connectivity index (χ4v) is 1.86. The molecule has 0 bridgehead atoms. The summed E-state index contributed by atoms with van der Waals surface area (Å²) in [5.41, 5.74) is 7.27. The number of ether oxygens (including phenoxy) is 1. The zero-order valence-corrected chi connectivity index (χ0v) is 10.5. The first kappa shape index (κ1) is 12.0. The van der Waals surface area contributed by atoms with Gasteiger partial charge in [-0.15, -0.1) is 0 Å². The predicted octanol–water partition coefficient (Wildman–Crippen LogP) is 2.21. The molecule has 0 unspecified atom stereocenters. The van der Waals surface area contributed by atoms with Crippen molar-refractivity contribution in [3.63, 3.8) is 0 Å². The average molecular weight is 252 g/mol. The van der Waals surface area contributed by atoms with Crippen LogP contribution in [-0.4, -0.2) is 16.7 Å². The van der Waals surface area contributed by atoms with Crippen molar-refractivity contribution in [1.29, 1.82) is 0 Å². The maximum atomic E-state index is 6.12. The van der Waals surface area contributed by atoms with Crippen molar-refractivity contribution in [2.75, 3.05) is 7.11 Å². The Hall–Kier alpha value is -1.52. The van der Waals surface area contributed by atoms with Crippen LogP contribution in [0.15, 0.2) is 24.3 Å². The maximum absolute atomic E-state index is 6.12. The first-order chi connectivity index (χ1) is 8.17. The smallest absolute Gasteiger partial charge is 0.141 e. The summed E-state index contributed by atoms with van der Waals surface area (Å²) in [6.45, 7) is 0.336. The third-order valence-electron chi connectivity index (χ3n) is 2.63. The molecule has 0 amide bonds. The molecule has 2 N–H and O–H groups in total. The van der Waals surface area contributed by atoms with Gasteiger partial charge >= 0.3 is 0 Å². The van der Waals surface area contributed by atoms with Gasteiger partial charge < -0.3 is 15.0 Å². The molecule has 4 nitrogen and oxygen atoms in total. The molecule has 0 radical (unpaired) electrons. The summed E-state index contributed by atoms with van der Waals surface area (Å²) in [6, 6.07) is 7.66. The van der Waals surface area contributed by atoms with Crippen molar-refractivity contribution >= 4 is 11.6 Å². The Morgan fingerprint density at radius 2 is 2.00 bits per heavy atom. The largest absolute Gasteiger partial charge is 0.497 e. The normalized spacial score (nSPS) is 10.6. The molecule has 0 atom stereocenters. The van der Waals surface area contributed by atoms with Gasteiger partial charge in [-0.05, 0) is 24.3 Å². The van der Waals surface area contributed by atoms with Crippen molar-refractivity contribution in [2.45, 2.75) is 6.54 Å². The minimum absolute atomic E-state index is 0.336. The third kappa shape index (κ3) is 2.14. The fraction of sp³-hybridized carbons (Fsp3) is 0.250. The number of hydrogen-bond acceptors (Lipinski definition) is 3. The number of methoxy groups -OCH3 is 1. The Balaban J connectivity index is 2.45. The second kappa shape index (κ2) is 4.77. The summed E-state index contributed by atoms with van der Waals surface area (Å²) in [5, 5.41) is 0.582. The summed E-state index contributed by atoms with van der Waals surface area (Å²) >= 11 is 6.12. The highest BCUT2D eigenvalue weighted by Crippen LogP contribution is 2.25. The highest BCUT2D eigenvalue weighted by Gasteiger charge is 2.12. The summed E-state index contributed by atoms with van der Waals surface area (Å²) in [6.07, 6.45) is 0. The van der Waals surface area contributed by atoms with Crippen molar-refractivity contribution in [3.05, 3.63) is 35.1 Å². The quantitative estimate of drug-likeness (QED) is 0.910. The lowest BCUT2D eigenvalue weighted by Crippen LogP contribution is -1.97. The van der Waals surface area contributed by atoms with Crippen LogP contribution in [0, 0.1) is 0 Å². The first-order valence-corrected chi connectivity index (χ1v) is 5.60. The van der Waals surface area contributed by atoms with E-state index in [1.54, 1.807) is 7.11 Å². The van der Waals surface area contributed by atoms with Crippen LogP contribution in [0.3, 0.4) is 0 Å². The molecule has 17 heavy (non-hydrogen) atoms. The maximum Gasteiger partial charge on any atom is 0.141 e. The molecular weight excluding hydrogens is 238 g/mol. The number of nitrogens with two attached hydrogens (primary N) is 1. The van der Waals surface area contributed by atoms with Gasteiger partial charge in [0.25, 0.3) is 0 Å². The SMILES string of the molecule is COc1ccc(-c2nc(CN)c(Cl)n2C)cc1. The number of aromatic nitrogens is 2. The van der Waals surface area contributed by atoms with Crippen LogP contribution < -0.4 is 10.5 Å². The van der Waals surface area contributed by atoms with Crippen LogP contribution in [0.5, 0.6) is 5.75 Å². The Labute approximate surface area is 105 Å². The lowest BCUT2D eigenvalue weighted by atomic mass is 10.2. The number of imidazole rings is 1. The lowest BCUT2D eigenvalue weighted by molar-refractivity contribution is 0.415. The summed E-state index contributed by atoms with van der Waals surface area (Å²) in [4.78, 5) is 4.42. The van der Waals surface area contributed by atoms with E-state index in [4.69, 9.17) is 22.1 Å². The van der Waals surface area contributed by atoms with E-state index in [2.05, 4.69) is 4.98 Å². The highest BCUT2D eigenvalue weighted by atomic mass is 35.5. The van der Waals surface area contributed by atoms with Crippen LogP contribution in [0.4, 0.5) is 0 Å². The fourth-order valence-electron chi connectivity index (χ4n) is 1.66. The van der Waals surface area contributed by atoms with Gasteiger partial charge in [-0.1, -0.05) is 11.6 Å². The van der Waals surface area contributed by atoms with E-state index in [9.17, 15) is 0 Å². The second-order valence-electron chi connectivity index (χ2n) is 3.66. The molecule has 5 heteroatoms. The Bertz CT molecular complexity index is 519. The summed E-state index contributed by atoms with van der Waals surface area (Å²) in [7, 11) is 3.51. The molecule has 2 rings (SSSR count). The van der Waals surface area contributed by atoms with Gasteiger partial charge in [-0.25, -0.2) is 4.98 Å². The highest BCUT2D eigenvalue weighted by molar-refractivity contribution is 6.30. The van der Waals surface area contributed by atoms with Gasteiger partial charge in [0.1, 0.15) is 16.7 Å². The first-order valence-electron chi connectivity index (χ1n) is 5.23. The van der Waals surface area contributed by atoms with Crippen molar-refractivity contribution in [1.82, 2.24) is 9.55 Å². The van der Waals surface area contributed by atoms with Gasteiger partial charge in [-0.3, -0.25) is 0 Å². The van der Waals surface area contributed by atoms with E-state index < -0.39 is 0 Å². The Kier molecular flexibility index (Phi) is 3.36. The van der Waals surface area contributed by atoms with Crippen LogP contribution in [0.25, 0.3) is 11.4 Å². The molecule has 1 aromatic carbocycles. The van der Waals surface area contributed by atoms with E-state index in [0.29, 0.717) is 17.4 Å². The second-order valence-corrected chi connectivity index (χ2v) is 4.02. The van der Waals surface area contributed by atoms with Gasteiger partial charge in [0.15, 0.2) is 0 Å². The Morgan fingerprint density at radius 3 is 2.47 bits per heavy atom. The third-order valence-corrected chi connectivity index (χ3v) is 3.10. The van der Waals surface area contributed by atoms with Crippen LogP contribution in [-0.2, 0) is 13.6 Å². The predicted molar refractivity (Wildman–Crippen MR) is 68.1 cm³/mol. The van der Waals surface area contributed by atoms with Gasteiger partial charge in [-0.2, -0.15) is 0 Å². The lowest BCUT2D eigenvalue weighted by Gasteiger charge is -2.03. The van der Waals surface area contributed by atoms with Crippen molar-refractivity contribution < 1.29 is 4.74 Å². The molecule has 0 aliphatic rings. The molecule has 0 aliphatic carbocycles. The number of nitrogens with zero attached hydrogens (tertiary/aromatic N) is 2. The topological polar surface area (TPSA) is 53.1 Å². The molecule has 0 saturated heterocycles. The Morgan fingerprint density at radius 1 is 1.35 bits per heavy atom. The number of halogens is 1. The number of benzene rings is 1. The molecular formula is C12H14ClN3O. The van der Waals surface area contributed by atoms with Gasteiger partial charge in [0.2, 0.25) is 0 Å². The molecule has 90 valence electrons. The molecule has 2 aromatic rings. The van der Waals surface area contributed by atoms with Crippen LogP contribution >= 0.6 is 11.6 Å². The molecule has 0 aliphatic heterocycles. The monoisotopic (exact) mass is 251 g/mol. The minimum atomic E-state index is 0.336. The van der Waals surface area contributed by atoms with Crippen molar-refractivity contribution in [3.8, 4) is 17.1 Å². The van der Waals surface area contributed by atoms with E-state index >= 15 is 0 Å². The van der Waals surface area contributed by atoms with Gasteiger partial charge in [0, 0.05) is 19.2 Å². The van der Waals surface area contributed by atoms with E-state index in [-0.39, 0.29) is 0 Å². The minimum Gasteiger partial charge on any atom is -0.497 e. The van der Waals surface area contributed by atoms with E-state index in [1.165, 1.54) is 0 Å². The molecule has 0 saturated carbocycles. The van der Waals surface area contributed by atoms with E-state index in [1.807, 2.05) is 35.9 Å². The van der Waals surface area contributed by atoms with Crippen LogP contribution in [0.2, 0.25) is 5.15 Å². The summed E-state index contributed by atoms with van der Waals surface area (Å²) < 4.78 is 6.94. The molecule has 0 spiro atoms. The molecule has 0 fully saturated rings. The molecule has 1 heterocycles. The van der Waals surface area contributed by atoms with E-state index in [0.717, 1.165) is 17.1 Å². The van der Waals surface area contributed by atoms with Crippen molar-refractivity contribution in [2.24, 2.45) is 12.8 Å². The van der Waals surface area contributed by atoms with Gasteiger partial charge in [0.05, 0.1) is 12.8 Å². The number of rotatable bonds is 3. The average Bonchev–Trinajstić information content (AvgIpc) is 2.66. The zero-order valence-electron chi connectivity index (χ0n) is 9.77. The number of hydrogen-bond donors (Lipinski definition) is 1. The van der Waals surface area contributed by atoms with Crippen LogP contribution in [0.1, 0.15) is 5.69 Å². The standard InChI is InChI=1S/C12H14ClN3O/c1-16-11(13)10(7-14)15-12(16)8-3-5-9(17-2)6-4-8/h3-6H,7,14H2,1-2H3.